The number of nitrogens with one attached hydrogen (secondary N) is 2. The van der Waals surface area contributed by atoms with Gasteiger partial charge in [-0.15, -0.1) is 0 Å². The Balaban J connectivity index is 1.46. The van der Waals surface area contributed by atoms with Crippen LogP contribution in [0.4, 0.5) is 20.5 Å². The fourth-order valence-electron chi connectivity index (χ4n) is 4.87. The normalized spacial score (nSPS) is 20.6. The van der Waals surface area contributed by atoms with Crippen molar-refractivity contribution < 1.29 is 18.3 Å². The molecule has 1 aliphatic heterocycles. The van der Waals surface area contributed by atoms with Crippen molar-refractivity contribution >= 4 is 28.7 Å². The summed E-state index contributed by atoms with van der Waals surface area (Å²) in [6, 6.07) is 9.13. The Bertz CT molecular complexity index is 1200. The van der Waals surface area contributed by atoms with E-state index in [4.69, 9.17) is 14.7 Å². The number of rotatable bonds is 7. The zero-order chi connectivity index (χ0) is 25.1. The zero-order valence-electron chi connectivity index (χ0n) is 20.3. The van der Waals surface area contributed by atoms with Gasteiger partial charge in [-0.3, -0.25) is 9.36 Å². The molecule has 3 aromatic rings. The molecule has 2 N–H and O–H groups in total. The number of fused-ring (bicyclic) bond motifs is 1. The summed E-state index contributed by atoms with van der Waals surface area (Å²) in [6.07, 6.45) is 1.22. The highest BCUT2D eigenvalue weighted by Crippen LogP contribution is 2.30. The van der Waals surface area contributed by atoms with Crippen molar-refractivity contribution in [3.63, 3.8) is 0 Å². The van der Waals surface area contributed by atoms with E-state index in [0.29, 0.717) is 61.3 Å². The topological polar surface area (TPSA) is 97.2 Å². The molecule has 5 rings (SSSR count). The van der Waals surface area contributed by atoms with Gasteiger partial charge in [0.25, 0.3) is 6.43 Å². The zero-order valence-corrected chi connectivity index (χ0v) is 20.3. The summed E-state index contributed by atoms with van der Waals surface area (Å²) in [4.78, 5) is 27.4. The molecule has 192 valence electrons. The summed E-state index contributed by atoms with van der Waals surface area (Å²) in [5.74, 6) is 1.13. The highest BCUT2D eigenvalue weighted by Gasteiger charge is 2.26. The van der Waals surface area contributed by atoms with Gasteiger partial charge in [-0.05, 0) is 37.8 Å². The van der Waals surface area contributed by atoms with Gasteiger partial charge < -0.3 is 20.3 Å². The molecule has 0 radical (unpaired) electrons. The van der Waals surface area contributed by atoms with E-state index < -0.39 is 6.43 Å². The van der Waals surface area contributed by atoms with Crippen LogP contribution in [0.1, 0.15) is 51.3 Å². The third-order valence-corrected chi connectivity index (χ3v) is 6.77. The molecule has 0 unspecified atom stereocenters. The molecule has 36 heavy (non-hydrogen) atoms. The third kappa shape index (κ3) is 5.25. The molecular formula is C25H31F2N7O2. The van der Waals surface area contributed by atoms with Crippen molar-refractivity contribution in [3.05, 3.63) is 36.2 Å². The van der Waals surface area contributed by atoms with E-state index in [1.54, 1.807) is 30.3 Å². The average molecular weight is 500 g/mol. The van der Waals surface area contributed by atoms with Crippen LogP contribution < -0.4 is 15.5 Å². The number of nitrogens with zero attached hydrogens (tertiary/aromatic N) is 5. The van der Waals surface area contributed by atoms with E-state index in [1.165, 1.54) is 4.57 Å². The van der Waals surface area contributed by atoms with Crippen LogP contribution in [0.5, 0.6) is 0 Å². The Morgan fingerprint density at radius 1 is 1.08 bits per heavy atom. The monoisotopic (exact) mass is 499 g/mol. The predicted octanol–water partition coefficient (Wildman–Crippen LogP) is 3.84. The van der Waals surface area contributed by atoms with Crippen LogP contribution in [-0.4, -0.2) is 63.8 Å². The Morgan fingerprint density at radius 3 is 2.53 bits per heavy atom. The van der Waals surface area contributed by atoms with Gasteiger partial charge in [0.1, 0.15) is 11.6 Å². The van der Waals surface area contributed by atoms with Crippen molar-refractivity contribution in [2.75, 3.05) is 36.5 Å². The number of halogens is 2. The molecule has 0 atom stereocenters. The van der Waals surface area contributed by atoms with Crippen LogP contribution in [0.15, 0.2) is 30.3 Å². The number of amides is 1. The number of hydrogen-bond donors (Lipinski definition) is 2. The molecule has 0 bridgehead atoms. The molecule has 9 nitrogen and oxygen atoms in total. The van der Waals surface area contributed by atoms with Gasteiger partial charge >= 0.3 is 0 Å². The standard InChI is InChI=1S/C25H31F2N7O2/c1-2-22(35)29-17-9-7-16(8-10-17)28-20-15-21(32-25(31-20)33-11-13-36-14-12-33)34-19-6-4-3-5-18(19)30-24(34)23(26)27/h3-6,15-17,23H,2,7-14H2,1H3,(H,29,35)(H,28,31,32). The second kappa shape index (κ2) is 10.7. The van der Waals surface area contributed by atoms with Crippen LogP contribution >= 0.6 is 0 Å². The van der Waals surface area contributed by atoms with E-state index >= 15 is 0 Å². The van der Waals surface area contributed by atoms with Gasteiger partial charge in [0.2, 0.25) is 11.9 Å². The molecule has 1 aromatic carbocycles. The Labute approximate surface area is 208 Å². The second-order valence-corrected chi connectivity index (χ2v) is 9.22. The molecular weight excluding hydrogens is 468 g/mol. The Hall–Kier alpha value is -3.34. The molecule has 1 saturated carbocycles. The van der Waals surface area contributed by atoms with Crippen LogP contribution in [0.2, 0.25) is 0 Å². The lowest BCUT2D eigenvalue weighted by Gasteiger charge is -2.31. The Morgan fingerprint density at radius 2 is 1.81 bits per heavy atom. The molecule has 11 heteroatoms. The summed E-state index contributed by atoms with van der Waals surface area (Å²) >= 11 is 0. The van der Waals surface area contributed by atoms with Crippen LogP contribution in [0.25, 0.3) is 16.9 Å². The van der Waals surface area contributed by atoms with Crippen LogP contribution in [0, 0.1) is 0 Å². The summed E-state index contributed by atoms with van der Waals surface area (Å²) in [6.45, 7) is 4.21. The molecule has 2 aliphatic rings. The first-order chi connectivity index (χ1) is 17.5. The lowest BCUT2D eigenvalue weighted by molar-refractivity contribution is -0.121. The second-order valence-electron chi connectivity index (χ2n) is 9.22. The lowest BCUT2D eigenvalue weighted by atomic mass is 9.91. The molecule has 2 fully saturated rings. The van der Waals surface area contributed by atoms with Crippen molar-refractivity contribution in [1.29, 1.82) is 0 Å². The molecule has 3 heterocycles. The fraction of sp³-hybridized carbons (Fsp3) is 0.520. The SMILES string of the molecule is CCC(=O)NC1CCC(Nc2cc(-n3c(C(F)F)nc4ccccc43)nc(N3CCOCC3)n2)CC1. The highest BCUT2D eigenvalue weighted by atomic mass is 19.3. The van der Waals surface area contributed by atoms with Crippen molar-refractivity contribution in [1.82, 2.24) is 24.8 Å². The lowest BCUT2D eigenvalue weighted by Crippen LogP contribution is -2.40. The minimum atomic E-state index is -2.76. The maximum atomic E-state index is 14.0. The van der Waals surface area contributed by atoms with Crippen molar-refractivity contribution in [3.8, 4) is 5.82 Å². The van der Waals surface area contributed by atoms with Gasteiger partial charge in [-0.25, -0.2) is 13.8 Å². The number of anilines is 2. The maximum absolute atomic E-state index is 14.0. The van der Waals surface area contributed by atoms with Gasteiger partial charge in [0, 0.05) is 37.7 Å². The van der Waals surface area contributed by atoms with E-state index in [9.17, 15) is 13.6 Å². The first kappa shape index (κ1) is 24.4. The third-order valence-electron chi connectivity index (χ3n) is 6.77. The number of morpholine rings is 1. The van der Waals surface area contributed by atoms with Crippen LogP contribution in [0.3, 0.4) is 0 Å². The van der Waals surface area contributed by atoms with Gasteiger partial charge in [0.05, 0.1) is 24.2 Å². The minimum absolute atomic E-state index is 0.0735. The van der Waals surface area contributed by atoms with Gasteiger partial charge in [0.15, 0.2) is 5.82 Å². The largest absolute Gasteiger partial charge is 0.378 e. The summed E-state index contributed by atoms with van der Waals surface area (Å²) in [5, 5.41) is 6.58. The van der Waals surface area contributed by atoms with Crippen molar-refractivity contribution in [2.24, 2.45) is 0 Å². The van der Waals surface area contributed by atoms with Crippen LogP contribution in [-0.2, 0) is 9.53 Å². The number of carbonyl (C=O) groups is 1. The average Bonchev–Trinajstić information content (AvgIpc) is 3.30. The molecule has 1 saturated heterocycles. The predicted molar refractivity (Wildman–Crippen MR) is 133 cm³/mol. The van der Waals surface area contributed by atoms with E-state index in [-0.39, 0.29) is 23.8 Å². The smallest absolute Gasteiger partial charge is 0.296 e. The van der Waals surface area contributed by atoms with E-state index in [2.05, 4.69) is 15.6 Å². The van der Waals surface area contributed by atoms with E-state index in [0.717, 1.165) is 25.7 Å². The quantitative estimate of drug-likeness (QED) is 0.510. The number of imidazole rings is 1. The number of carbonyl (C=O) groups excluding carboxylic acids is 1. The Kier molecular flexibility index (Phi) is 7.26. The summed E-state index contributed by atoms with van der Waals surface area (Å²) in [7, 11) is 0. The molecule has 1 amide bonds. The highest BCUT2D eigenvalue weighted by molar-refractivity contribution is 5.78. The number of aromatic nitrogens is 4. The van der Waals surface area contributed by atoms with Gasteiger partial charge in [-0.1, -0.05) is 19.1 Å². The fourth-order valence-corrected chi connectivity index (χ4v) is 4.87. The van der Waals surface area contributed by atoms with E-state index in [1.807, 2.05) is 11.8 Å². The molecule has 0 spiro atoms. The number of hydrogen-bond acceptors (Lipinski definition) is 7. The number of para-hydroxylation sites is 2. The number of ether oxygens (including phenoxy) is 1. The first-order valence-electron chi connectivity index (χ1n) is 12.6. The summed E-state index contributed by atoms with van der Waals surface area (Å²) in [5.41, 5.74) is 1.05. The maximum Gasteiger partial charge on any atom is 0.296 e. The molecule has 1 aliphatic carbocycles. The first-order valence-corrected chi connectivity index (χ1v) is 12.6. The summed E-state index contributed by atoms with van der Waals surface area (Å²) < 4.78 is 35.0. The van der Waals surface area contributed by atoms with Crippen molar-refractivity contribution in [2.45, 2.75) is 57.5 Å². The molecule has 2 aromatic heterocycles. The van der Waals surface area contributed by atoms with Gasteiger partial charge in [-0.2, -0.15) is 9.97 Å². The number of alkyl halides is 2. The number of benzene rings is 1. The minimum Gasteiger partial charge on any atom is -0.378 e.